The molecule has 0 aromatic heterocycles. The van der Waals surface area contributed by atoms with Gasteiger partial charge in [-0.25, -0.2) is 0 Å². The van der Waals surface area contributed by atoms with Crippen molar-refractivity contribution in [3.05, 3.63) is 0 Å². The van der Waals surface area contributed by atoms with Gasteiger partial charge in [0, 0.05) is 13.2 Å². The number of carboxylic acid groups (broad SMARTS) is 1. The van der Waals surface area contributed by atoms with E-state index in [0.717, 1.165) is 38.8 Å². The van der Waals surface area contributed by atoms with Crippen LogP contribution in [0.3, 0.4) is 0 Å². The van der Waals surface area contributed by atoms with Gasteiger partial charge in [-0.2, -0.15) is 0 Å². The van der Waals surface area contributed by atoms with E-state index >= 15 is 0 Å². The SMILES string of the molecule is O=C(O)C1(N2CCCCCC2)CCCOCC1. The number of carbonyl (C=O) groups is 1. The Morgan fingerprint density at radius 1 is 1.00 bits per heavy atom. The van der Waals surface area contributed by atoms with Gasteiger partial charge < -0.3 is 9.84 Å². The van der Waals surface area contributed by atoms with E-state index in [0.29, 0.717) is 19.6 Å². The minimum atomic E-state index is -0.652. The standard InChI is InChI=1S/C13H23NO3/c15-12(16)13(6-5-10-17-11-7-13)14-8-3-1-2-4-9-14/h1-11H2,(H,15,16). The number of hydrogen-bond acceptors (Lipinski definition) is 3. The lowest BCUT2D eigenvalue weighted by molar-refractivity contribution is -0.153. The summed E-state index contributed by atoms with van der Waals surface area (Å²) in [6, 6.07) is 0. The molecule has 2 saturated heterocycles. The molecule has 2 fully saturated rings. The minimum absolute atomic E-state index is 0.586. The number of hydrogen-bond donors (Lipinski definition) is 1. The fourth-order valence-corrected chi connectivity index (χ4v) is 3.10. The third kappa shape index (κ3) is 2.80. The van der Waals surface area contributed by atoms with Crippen LogP contribution in [-0.2, 0) is 9.53 Å². The van der Waals surface area contributed by atoms with Gasteiger partial charge >= 0.3 is 5.97 Å². The molecular weight excluding hydrogens is 218 g/mol. The van der Waals surface area contributed by atoms with Crippen LogP contribution in [0.15, 0.2) is 0 Å². The molecular formula is C13H23NO3. The normalized spacial score (nSPS) is 32.7. The van der Waals surface area contributed by atoms with Crippen molar-refractivity contribution >= 4 is 5.97 Å². The molecule has 0 aromatic carbocycles. The maximum Gasteiger partial charge on any atom is 0.324 e. The predicted molar refractivity (Wildman–Crippen MR) is 65.1 cm³/mol. The van der Waals surface area contributed by atoms with Crippen LogP contribution in [-0.4, -0.2) is 47.8 Å². The Kier molecular flexibility index (Phi) is 4.40. The van der Waals surface area contributed by atoms with Crippen molar-refractivity contribution in [2.24, 2.45) is 0 Å². The van der Waals surface area contributed by atoms with Crippen LogP contribution in [0, 0.1) is 0 Å². The summed E-state index contributed by atoms with van der Waals surface area (Å²) in [5, 5.41) is 9.66. The van der Waals surface area contributed by atoms with Crippen molar-refractivity contribution in [1.82, 2.24) is 4.90 Å². The van der Waals surface area contributed by atoms with Gasteiger partial charge in [0.05, 0.1) is 0 Å². The summed E-state index contributed by atoms with van der Waals surface area (Å²) in [5.74, 6) is -0.648. The highest BCUT2D eigenvalue weighted by Crippen LogP contribution is 2.31. The summed E-state index contributed by atoms with van der Waals surface area (Å²) in [4.78, 5) is 14.0. The zero-order valence-corrected chi connectivity index (χ0v) is 10.5. The summed E-state index contributed by atoms with van der Waals surface area (Å²) in [6.07, 6.45) is 6.99. The fourth-order valence-electron chi connectivity index (χ4n) is 3.10. The van der Waals surface area contributed by atoms with Crippen LogP contribution < -0.4 is 0 Å². The molecule has 2 heterocycles. The molecule has 1 unspecified atom stereocenters. The monoisotopic (exact) mass is 241 g/mol. The molecule has 0 saturated carbocycles. The maximum absolute atomic E-state index is 11.7. The van der Waals surface area contributed by atoms with Crippen LogP contribution in [0.25, 0.3) is 0 Å². The second-order valence-electron chi connectivity index (χ2n) is 5.20. The van der Waals surface area contributed by atoms with E-state index in [4.69, 9.17) is 4.74 Å². The number of nitrogens with zero attached hydrogens (tertiary/aromatic N) is 1. The largest absolute Gasteiger partial charge is 0.480 e. The van der Waals surface area contributed by atoms with Crippen molar-refractivity contribution in [1.29, 1.82) is 0 Å². The molecule has 4 heteroatoms. The molecule has 98 valence electrons. The molecule has 17 heavy (non-hydrogen) atoms. The Hall–Kier alpha value is -0.610. The Balaban J connectivity index is 2.15. The average molecular weight is 241 g/mol. The molecule has 0 bridgehead atoms. The van der Waals surface area contributed by atoms with Gasteiger partial charge in [-0.15, -0.1) is 0 Å². The molecule has 0 aromatic rings. The van der Waals surface area contributed by atoms with Gasteiger partial charge in [0.1, 0.15) is 5.54 Å². The van der Waals surface area contributed by atoms with E-state index in [-0.39, 0.29) is 0 Å². The molecule has 1 atom stereocenters. The van der Waals surface area contributed by atoms with Crippen molar-refractivity contribution in [2.45, 2.75) is 50.5 Å². The van der Waals surface area contributed by atoms with E-state index < -0.39 is 11.5 Å². The van der Waals surface area contributed by atoms with Crippen molar-refractivity contribution in [3.63, 3.8) is 0 Å². The van der Waals surface area contributed by atoms with E-state index in [1.165, 1.54) is 12.8 Å². The molecule has 0 aliphatic carbocycles. The average Bonchev–Trinajstić information content (AvgIpc) is 2.72. The van der Waals surface area contributed by atoms with Crippen molar-refractivity contribution < 1.29 is 14.6 Å². The highest BCUT2D eigenvalue weighted by atomic mass is 16.5. The molecule has 4 nitrogen and oxygen atoms in total. The molecule has 0 radical (unpaired) electrons. The first-order valence-corrected chi connectivity index (χ1v) is 6.82. The third-order valence-electron chi connectivity index (χ3n) is 4.15. The first-order valence-electron chi connectivity index (χ1n) is 6.82. The topological polar surface area (TPSA) is 49.8 Å². The first-order chi connectivity index (χ1) is 8.26. The van der Waals surface area contributed by atoms with Gasteiger partial charge in [0.15, 0.2) is 0 Å². The zero-order valence-electron chi connectivity index (χ0n) is 10.5. The van der Waals surface area contributed by atoms with Crippen LogP contribution in [0.1, 0.15) is 44.9 Å². The number of carboxylic acids is 1. The van der Waals surface area contributed by atoms with Crippen molar-refractivity contribution in [2.75, 3.05) is 26.3 Å². The van der Waals surface area contributed by atoms with Crippen LogP contribution in [0.5, 0.6) is 0 Å². The predicted octanol–water partition coefficient (Wildman–Crippen LogP) is 1.89. The quantitative estimate of drug-likeness (QED) is 0.802. The van der Waals surface area contributed by atoms with E-state index in [2.05, 4.69) is 4.90 Å². The number of rotatable bonds is 2. The van der Waals surface area contributed by atoms with Gasteiger partial charge in [0.25, 0.3) is 0 Å². The molecule has 0 spiro atoms. The molecule has 2 aliphatic rings. The number of ether oxygens (including phenoxy) is 1. The molecule has 2 aliphatic heterocycles. The van der Waals surface area contributed by atoms with E-state index in [1.807, 2.05) is 0 Å². The summed E-state index contributed by atoms with van der Waals surface area (Å²) in [6.45, 7) is 3.17. The second kappa shape index (κ2) is 5.83. The summed E-state index contributed by atoms with van der Waals surface area (Å²) >= 11 is 0. The van der Waals surface area contributed by atoms with E-state index in [1.54, 1.807) is 0 Å². The lowest BCUT2D eigenvalue weighted by Crippen LogP contribution is -2.55. The number of aliphatic carboxylic acids is 1. The van der Waals surface area contributed by atoms with Crippen LogP contribution in [0.2, 0.25) is 0 Å². The second-order valence-corrected chi connectivity index (χ2v) is 5.20. The fraction of sp³-hybridized carbons (Fsp3) is 0.923. The lowest BCUT2D eigenvalue weighted by Gasteiger charge is -2.39. The van der Waals surface area contributed by atoms with Crippen molar-refractivity contribution in [3.8, 4) is 0 Å². The number of likely N-dealkylation sites (tertiary alicyclic amines) is 1. The lowest BCUT2D eigenvalue weighted by atomic mass is 9.88. The Morgan fingerprint density at radius 2 is 1.71 bits per heavy atom. The minimum Gasteiger partial charge on any atom is -0.480 e. The Labute approximate surface area is 103 Å². The highest BCUT2D eigenvalue weighted by molar-refractivity contribution is 5.78. The van der Waals surface area contributed by atoms with Crippen LogP contribution >= 0.6 is 0 Å². The van der Waals surface area contributed by atoms with E-state index in [9.17, 15) is 9.90 Å². The molecule has 0 amide bonds. The summed E-state index contributed by atoms with van der Waals surface area (Å²) in [5.41, 5.74) is -0.652. The smallest absolute Gasteiger partial charge is 0.324 e. The van der Waals surface area contributed by atoms with Gasteiger partial charge in [-0.05, 0) is 45.2 Å². The van der Waals surface area contributed by atoms with Gasteiger partial charge in [-0.3, -0.25) is 9.69 Å². The first kappa shape index (κ1) is 12.8. The summed E-state index contributed by atoms with van der Waals surface area (Å²) in [7, 11) is 0. The Morgan fingerprint density at radius 3 is 2.35 bits per heavy atom. The van der Waals surface area contributed by atoms with Crippen LogP contribution in [0.4, 0.5) is 0 Å². The highest BCUT2D eigenvalue weighted by Gasteiger charge is 2.44. The maximum atomic E-state index is 11.7. The van der Waals surface area contributed by atoms with Gasteiger partial charge in [0.2, 0.25) is 0 Å². The zero-order chi connectivity index (χ0) is 12.1. The molecule has 1 N–H and O–H groups in total. The third-order valence-corrected chi connectivity index (χ3v) is 4.15. The molecule has 2 rings (SSSR count). The summed E-state index contributed by atoms with van der Waals surface area (Å²) < 4.78 is 5.43. The Bertz CT molecular complexity index is 251. The van der Waals surface area contributed by atoms with Gasteiger partial charge in [-0.1, -0.05) is 12.8 Å².